The van der Waals surface area contributed by atoms with Crippen LogP contribution in [0.5, 0.6) is 0 Å². The van der Waals surface area contributed by atoms with E-state index in [1.54, 1.807) is 13.8 Å². The average Bonchev–Trinajstić information content (AvgIpc) is 2.13. The molecule has 20 heavy (non-hydrogen) atoms. The molecular weight excluding hydrogens is 296 g/mol. The first-order chi connectivity index (χ1) is 8.81. The summed E-state index contributed by atoms with van der Waals surface area (Å²) in [5.41, 5.74) is 0.542. The molecule has 2 N–H and O–H groups in total. The standard InChI is InChI=1S/C6H14.2C4H8O2S/c1-5-6(2,3)4;2*1-3(7)2-4(5)6/h5H2,1-4H3;2*3,7H,2H2,1H3,(H,5,6). The summed E-state index contributed by atoms with van der Waals surface area (Å²) < 4.78 is 0. The number of aliphatic carboxylic acids is 2. The quantitative estimate of drug-likeness (QED) is 0.589. The second-order valence-corrected chi connectivity index (χ2v) is 7.57. The molecule has 0 aromatic rings. The summed E-state index contributed by atoms with van der Waals surface area (Å²) in [5.74, 6) is -1.58. The molecule has 4 nitrogen and oxygen atoms in total. The molecule has 0 amide bonds. The monoisotopic (exact) mass is 326 g/mol. The third kappa shape index (κ3) is 43.1. The minimum Gasteiger partial charge on any atom is -0.481 e. The maximum atomic E-state index is 9.76. The second-order valence-electron chi connectivity index (χ2n) is 5.81. The number of rotatable bonds is 4. The SMILES string of the molecule is CC(S)CC(=O)O.CC(S)CC(=O)O.CCC(C)(C)C. The van der Waals surface area contributed by atoms with Gasteiger partial charge in [0.1, 0.15) is 0 Å². The first-order valence-electron chi connectivity index (χ1n) is 6.61. The first-order valence-corrected chi connectivity index (χ1v) is 7.64. The summed E-state index contributed by atoms with van der Waals surface area (Å²) in [4.78, 5) is 19.5. The minimum atomic E-state index is -0.789. The van der Waals surface area contributed by atoms with Crippen molar-refractivity contribution in [2.45, 2.75) is 71.3 Å². The maximum absolute atomic E-state index is 9.76. The predicted octanol–water partition coefficient (Wildman–Crippen LogP) is 4.00. The molecular formula is C14H30O4S2. The van der Waals surface area contributed by atoms with Gasteiger partial charge in [0.05, 0.1) is 12.8 Å². The van der Waals surface area contributed by atoms with Gasteiger partial charge in [-0.25, -0.2) is 0 Å². The highest BCUT2D eigenvalue weighted by molar-refractivity contribution is 7.81. The van der Waals surface area contributed by atoms with Crippen LogP contribution in [0.4, 0.5) is 0 Å². The molecule has 0 spiro atoms. The van der Waals surface area contributed by atoms with Gasteiger partial charge in [0.15, 0.2) is 0 Å². The molecule has 0 rings (SSSR count). The van der Waals surface area contributed by atoms with Crippen LogP contribution in [0.1, 0.15) is 60.8 Å². The molecule has 0 heterocycles. The van der Waals surface area contributed by atoms with Crippen LogP contribution in [-0.2, 0) is 9.59 Å². The predicted molar refractivity (Wildman–Crippen MR) is 91.1 cm³/mol. The van der Waals surface area contributed by atoms with Crippen molar-refractivity contribution in [2.24, 2.45) is 5.41 Å². The second kappa shape index (κ2) is 13.6. The topological polar surface area (TPSA) is 74.6 Å². The lowest BCUT2D eigenvalue weighted by Crippen LogP contribution is -2.01. The van der Waals surface area contributed by atoms with Crippen molar-refractivity contribution in [1.29, 1.82) is 0 Å². The third-order valence-electron chi connectivity index (χ3n) is 2.00. The molecule has 0 aliphatic carbocycles. The van der Waals surface area contributed by atoms with E-state index in [9.17, 15) is 9.59 Å². The van der Waals surface area contributed by atoms with Gasteiger partial charge in [0.25, 0.3) is 0 Å². The van der Waals surface area contributed by atoms with E-state index in [2.05, 4.69) is 53.0 Å². The number of hydrogen-bond donors (Lipinski definition) is 4. The Bertz CT molecular complexity index is 238. The lowest BCUT2D eigenvalue weighted by molar-refractivity contribution is -0.137. The van der Waals surface area contributed by atoms with Crippen LogP contribution < -0.4 is 0 Å². The number of thiol groups is 2. The Kier molecular flexibility index (Phi) is 16.8. The molecule has 2 unspecified atom stereocenters. The van der Waals surface area contributed by atoms with Gasteiger partial charge in [-0.1, -0.05) is 48.0 Å². The van der Waals surface area contributed by atoms with Gasteiger partial charge in [0.2, 0.25) is 0 Å². The Labute approximate surface area is 134 Å². The van der Waals surface area contributed by atoms with Crippen molar-refractivity contribution >= 4 is 37.2 Å². The van der Waals surface area contributed by atoms with E-state index < -0.39 is 11.9 Å². The van der Waals surface area contributed by atoms with Gasteiger partial charge < -0.3 is 10.2 Å². The van der Waals surface area contributed by atoms with Crippen molar-refractivity contribution in [2.75, 3.05) is 0 Å². The maximum Gasteiger partial charge on any atom is 0.304 e. The van der Waals surface area contributed by atoms with E-state index in [-0.39, 0.29) is 23.3 Å². The molecule has 0 saturated heterocycles. The van der Waals surface area contributed by atoms with Gasteiger partial charge >= 0.3 is 11.9 Å². The summed E-state index contributed by atoms with van der Waals surface area (Å²) in [6.07, 6.45) is 1.55. The van der Waals surface area contributed by atoms with Gasteiger partial charge in [-0.05, 0) is 5.41 Å². The van der Waals surface area contributed by atoms with E-state index in [0.717, 1.165) is 0 Å². The largest absolute Gasteiger partial charge is 0.481 e. The summed E-state index contributed by atoms with van der Waals surface area (Å²) in [5, 5.41) is 16.0. The van der Waals surface area contributed by atoms with E-state index >= 15 is 0 Å². The molecule has 0 aliphatic heterocycles. The van der Waals surface area contributed by atoms with Gasteiger partial charge in [0, 0.05) is 10.5 Å². The molecule has 0 radical (unpaired) electrons. The van der Waals surface area contributed by atoms with Crippen LogP contribution in [0, 0.1) is 5.41 Å². The highest BCUT2D eigenvalue weighted by Crippen LogP contribution is 2.16. The molecule has 122 valence electrons. The highest BCUT2D eigenvalue weighted by atomic mass is 32.1. The van der Waals surface area contributed by atoms with Crippen LogP contribution in [0.15, 0.2) is 0 Å². The summed E-state index contributed by atoms with van der Waals surface area (Å²) in [6, 6.07) is 0. The molecule has 2 atom stereocenters. The van der Waals surface area contributed by atoms with E-state index in [1.165, 1.54) is 6.42 Å². The van der Waals surface area contributed by atoms with Gasteiger partial charge in [-0.3, -0.25) is 9.59 Å². The lowest BCUT2D eigenvalue weighted by Gasteiger charge is -2.12. The Morgan fingerprint density at radius 3 is 1.15 bits per heavy atom. The van der Waals surface area contributed by atoms with Crippen LogP contribution in [0.25, 0.3) is 0 Å². The molecule has 0 bridgehead atoms. The zero-order chi connectivity index (χ0) is 16.9. The Hall–Kier alpha value is -0.360. The smallest absolute Gasteiger partial charge is 0.304 e. The number of carboxylic acids is 2. The number of carboxylic acid groups (broad SMARTS) is 2. The van der Waals surface area contributed by atoms with Crippen molar-refractivity contribution in [3.8, 4) is 0 Å². The number of carbonyl (C=O) groups is 2. The first kappa shape index (κ1) is 24.6. The fourth-order valence-corrected chi connectivity index (χ4v) is 0.818. The van der Waals surface area contributed by atoms with Crippen LogP contribution in [-0.4, -0.2) is 32.7 Å². The zero-order valence-corrected chi connectivity index (χ0v) is 15.2. The molecule has 0 saturated carbocycles. The third-order valence-corrected chi connectivity index (χ3v) is 2.37. The van der Waals surface area contributed by atoms with Gasteiger partial charge in [-0.15, -0.1) is 0 Å². The fourth-order valence-electron chi connectivity index (χ4n) is 0.505. The van der Waals surface area contributed by atoms with Crippen LogP contribution >= 0.6 is 25.3 Å². The summed E-state index contributed by atoms with van der Waals surface area (Å²) >= 11 is 7.71. The Balaban J connectivity index is -0.000000218. The summed E-state index contributed by atoms with van der Waals surface area (Å²) in [7, 11) is 0. The summed E-state index contributed by atoms with van der Waals surface area (Å²) in [6.45, 7) is 12.4. The molecule has 0 aromatic carbocycles. The Morgan fingerprint density at radius 1 is 0.950 bits per heavy atom. The Morgan fingerprint density at radius 2 is 1.15 bits per heavy atom. The highest BCUT2D eigenvalue weighted by Gasteiger charge is 2.03. The van der Waals surface area contributed by atoms with Crippen molar-refractivity contribution in [3.05, 3.63) is 0 Å². The lowest BCUT2D eigenvalue weighted by atomic mass is 9.94. The van der Waals surface area contributed by atoms with Crippen molar-refractivity contribution in [3.63, 3.8) is 0 Å². The molecule has 0 aromatic heterocycles. The van der Waals surface area contributed by atoms with E-state index in [0.29, 0.717) is 5.41 Å². The van der Waals surface area contributed by atoms with Crippen LogP contribution in [0.2, 0.25) is 0 Å². The van der Waals surface area contributed by atoms with Crippen molar-refractivity contribution < 1.29 is 19.8 Å². The fraction of sp³-hybridized carbons (Fsp3) is 0.857. The van der Waals surface area contributed by atoms with Crippen LogP contribution in [0.3, 0.4) is 0 Å². The van der Waals surface area contributed by atoms with Gasteiger partial charge in [-0.2, -0.15) is 25.3 Å². The zero-order valence-electron chi connectivity index (χ0n) is 13.4. The molecule has 6 heteroatoms. The molecule has 0 aliphatic rings. The normalized spacial score (nSPS) is 13.0. The average molecular weight is 327 g/mol. The van der Waals surface area contributed by atoms with Crippen molar-refractivity contribution in [1.82, 2.24) is 0 Å². The minimum absolute atomic E-state index is 0.0301. The van der Waals surface area contributed by atoms with E-state index in [1.807, 2.05) is 0 Å². The number of hydrogen-bond acceptors (Lipinski definition) is 4. The van der Waals surface area contributed by atoms with E-state index in [4.69, 9.17) is 10.2 Å². The molecule has 0 fully saturated rings.